The summed E-state index contributed by atoms with van der Waals surface area (Å²) in [4.78, 5) is 18.0. The van der Waals surface area contributed by atoms with E-state index < -0.39 is 5.60 Å². The summed E-state index contributed by atoms with van der Waals surface area (Å²) in [5, 5.41) is 1.61. The molecule has 1 aliphatic carbocycles. The van der Waals surface area contributed by atoms with Gasteiger partial charge >= 0.3 is 6.09 Å². The molecule has 0 atom stereocenters. The van der Waals surface area contributed by atoms with Gasteiger partial charge in [-0.1, -0.05) is 11.6 Å². The second-order valence-corrected chi connectivity index (χ2v) is 8.83. The first kappa shape index (κ1) is 17.8. The summed E-state index contributed by atoms with van der Waals surface area (Å²) in [6, 6.07) is 2.48. The summed E-state index contributed by atoms with van der Waals surface area (Å²) in [5.74, 6) is 0. The van der Waals surface area contributed by atoms with Crippen molar-refractivity contribution in [2.24, 2.45) is 0 Å². The predicted octanol–water partition coefficient (Wildman–Crippen LogP) is 4.86. The quantitative estimate of drug-likeness (QED) is 0.474. The number of carbonyl (C=O) groups is 1. The van der Waals surface area contributed by atoms with Crippen molar-refractivity contribution < 1.29 is 9.53 Å². The normalized spacial score (nSPS) is 20.8. The van der Waals surface area contributed by atoms with Crippen LogP contribution < -0.4 is 0 Å². The Morgan fingerprint density at radius 3 is 2.75 bits per heavy atom. The smallest absolute Gasteiger partial charge is 0.410 e. The van der Waals surface area contributed by atoms with Gasteiger partial charge in [-0.3, -0.25) is 0 Å². The van der Waals surface area contributed by atoms with Gasteiger partial charge in [0.15, 0.2) is 0 Å². The third-order valence-electron chi connectivity index (χ3n) is 4.35. The molecule has 0 spiro atoms. The lowest BCUT2D eigenvalue weighted by atomic mass is 9.85. The van der Waals surface area contributed by atoms with E-state index in [1.165, 1.54) is 0 Å². The number of carbonyl (C=O) groups excluding carboxylic acids is 1. The van der Waals surface area contributed by atoms with Gasteiger partial charge in [-0.25, -0.2) is 9.78 Å². The minimum absolute atomic E-state index is 0.206. The predicted molar refractivity (Wildman–Crippen MR) is 104 cm³/mol. The van der Waals surface area contributed by atoms with Gasteiger partial charge in [-0.15, -0.1) is 0 Å². The van der Waals surface area contributed by atoms with Gasteiger partial charge in [0.05, 0.1) is 5.52 Å². The van der Waals surface area contributed by atoms with E-state index in [1.54, 1.807) is 4.90 Å². The standard InChI is InChI=1S/C17H21ClIN3O2/c1-17(2,3)24-16(23)21(4)10-5-11(6-10)22-9-13(19)12-8-20-15(18)7-14(12)22/h7-11H,5-6H2,1-4H3/t10-,11-. The lowest BCUT2D eigenvalue weighted by Crippen LogP contribution is -2.47. The highest BCUT2D eigenvalue weighted by Gasteiger charge is 2.37. The largest absolute Gasteiger partial charge is 0.444 e. The molecule has 24 heavy (non-hydrogen) atoms. The zero-order chi connectivity index (χ0) is 17.6. The summed E-state index contributed by atoms with van der Waals surface area (Å²) in [5.41, 5.74) is 0.633. The Morgan fingerprint density at radius 1 is 1.46 bits per heavy atom. The first-order valence-electron chi connectivity index (χ1n) is 7.93. The van der Waals surface area contributed by atoms with E-state index in [1.807, 2.05) is 40.1 Å². The number of ether oxygens (including phenoxy) is 1. The van der Waals surface area contributed by atoms with Crippen LogP contribution in [0.4, 0.5) is 4.79 Å². The van der Waals surface area contributed by atoms with Crippen LogP contribution in [0.1, 0.15) is 39.7 Å². The van der Waals surface area contributed by atoms with Crippen LogP contribution in [-0.2, 0) is 4.74 Å². The Hall–Kier alpha value is -1.02. The Kier molecular flexibility index (Phi) is 4.72. The molecule has 2 heterocycles. The topological polar surface area (TPSA) is 47.4 Å². The van der Waals surface area contributed by atoms with Crippen molar-refractivity contribution in [3.05, 3.63) is 27.2 Å². The minimum Gasteiger partial charge on any atom is -0.444 e. The molecule has 1 fully saturated rings. The van der Waals surface area contributed by atoms with Gasteiger partial charge in [0.1, 0.15) is 10.8 Å². The fourth-order valence-corrected chi connectivity index (χ4v) is 3.83. The first-order chi connectivity index (χ1) is 11.2. The van der Waals surface area contributed by atoms with Crippen molar-refractivity contribution in [3.8, 4) is 0 Å². The van der Waals surface area contributed by atoms with Crippen LogP contribution in [0.15, 0.2) is 18.5 Å². The number of pyridine rings is 1. The molecule has 1 amide bonds. The average Bonchev–Trinajstić information content (AvgIpc) is 2.72. The van der Waals surface area contributed by atoms with Crippen LogP contribution in [-0.4, -0.2) is 39.2 Å². The molecule has 130 valence electrons. The Balaban J connectivity index is 1.71. The maximum Gasteiger partial charge on any atom is 0.410 e. The van der Waals surface area contributed by atoms with E-state index in [0.29, 0.717) is 11.2 Å². The molecule has 3 rings (SSSR count). The summed E-state index contributed by atoms with van der Waals surface area (Å²) in [6.45, 7) is 5.65. The summed E-state index contributed by atoms with van der Waals surface area (Å²) in [7, 11) is 1.81. The molecule has 1 aliphatic rings. The van der Waals surface area contributed by atoms with Crippen LogP contribution in [0.2, 0.25) is 5.15 Å². The number of hydrogen-bond donors (Lipinski definition) is 0. The Labute approximate surface area is 160 Å². The lowest BCUT2D eigenvalue weighted by molar-refractivity contribution is 0.00812. The lowest BCUT2D eigenvalue weighted by Gasteiger charge is -2.42. The monoisotopic (exact) mass is 461 g/mol. The highest BCUT2D eigenvalue weighted by Crippen LogP contribution is 2.39. The molecule has 0 radical (unpaired) electrons. The molecule has 1 saturated carbocycles. The number of halogens is 2. The molecule has 7 heteroatoms. The van der Waals surface area contributed by atoms with Crippen molar-refractivity contribution in [2.75, 3.05) is 7.05 Å². The van der Waals surface area contributed by atoms with Crippen LogP contribution in [0.5, 0.6) is 0 Å². The van der Waals surface area contributed by atoms with Gasteiger partial charge in [0, 0.05) is 40.5 Å². The van der Waals surface area contributed by atoms with Gasteiger partial charge in [0.2, 0.25) is 0 Å². The highest BCUT2D eigenvalue weighted by molar-refractivity contribution is 14.1. The SMILES string of the molecule is CN(C(=O)OC(C)(C)C)[C@H]1C[C@H](n2cc(I)c3cnc(Cl)cc32)C1. The van der Waals surface area contributed by atoms with Gasteiger partial charge < -0.3 is 14.2 Å². The van der Waals surface area contributed by atoms with E-state index >= 15 is 0 Å². The average molecular weight is 462 g/mol. The first-order valence-corrected chi connectivity index (χ1v) is 9.39. The number of nitrogens with zero attached hydrogens (tertiary/aromatic N) is 3. The number of hydrogen-bond acceptors (Lipinski definition) is 3. The molecule has 0 saturated heterocycles. The van der Waals surface area contributed by atoms with Crippen molar-refractivity contribution in [1.82, 2.24) is 14.5 Å². The van der Waals surface area contributed by atoms with Crippen LogP contribution in [0, 0.1) is 3.57 Å². The van der Waals surface area contributed by atoms with Crippen molar-refractivity contribution in [2.45, 2.75) is 51.3 Å². The molecule has 5 nitrogen and oxygen atoms in total. The van der Waals surface area contributed by atoms with Crippen LogP contribution in [0.25, 0.3) is 10.9 Å². The van der Waals surface area contributed by atoms with Crippen molar-refractivity contribution >= 4 is 51.2 Å². The summed E-state index contributed by atoms with van der Waals surface area (Å²) in [6.07, 6.45) is 5.52. The van der Waals surface area contributed by atoms with Crippen molar-refractivity contribution in [3.63, 3.8) is 0 Å². The third-order valence-corrected chi connectivity index (χ3v) is 5.41. The Bertz CT molecular complexity index is 778. The molecular weight excluding hydrogens is 441 g/mol. The Morgan fingerprint density at radius 2 is 2.12 bits per heavy atom. The molecule has 0 aromatic carbocycles. The summed E-state index contributed by atoms with van der Waals surface area (Å²) >= 11 is 8.37. The van der Waals surface area contributed by atoms with Crippen molar-refractivity contribution in [1.29, 1.82) is 0 Å². The fraction of sp³-hybridized carbons (Fsp3) is 0.529. The minimum atomic E-state index is -0.467. The maximum absolute atomic E-state index is 12.2. The van der Waals surface area contributed by atoms with E-state index in [4.69, 9.17) is 16.3 Å². The molecule has 2 aromatic rings. The molecule has 0 aliphatic heterocycles. The van der Waals surface area contributed by atoms with Gasteiger partial charge in [0.25, 0.3) is 0 Å². The summed E-state index contributed by atoms with van der Waals surface area (Å²) < 4.78 is 8.86. The van der Waals surface area contributed by atoms with E-state index in [-0.39, 0.29) is 12.1 Å². The van der Waals surface area contributed by atoms with E-state index in [2.05, 4.69) is 38.3 Å². The van der Waals surface area contributed by atoms with Gasteiger partial charge in [-0.2, -0.15) is 0 Å². The van der Waals surface area contributed by atoms with Gasteiger partial charge in [-0.05, 0) is 62.3 Å². The molecular formula is C17H21ClIN3O2. The second kappa shape index (κ2) is 6.37. The molecule has 2 aromatic heterocycles. The molecule has 0 unspecified atom stereocenters. The van der Waals surface area contributed by atoms with Crippen LogP contribution >= 0.6 is 34.2 Å². The van der Waals surface area contributed by atoms with E-state index in [9.17, 15) is 4.79 Å². The fourth-order valence-electron chi connectivity index (χ4n) is 2.97. The number of amides is 1. The molecule has 0 bridgehead atoms. The van der Waals surface area contributed by atoms with E-state index in [0.717, 1.165) is 27.3 Å². The third kappa shape index (κ3) is 3.49. The number of fused-ring (bicyclic) bond motifs is 1. The highest BCUT2D eigenvalue weighted by atomic mass is 127. The number of rotatable bonds is 2. The second-order valence-electron chi connectivity index (χ2n) is 7.28. The zero-order valence-corrected chi connectivity index (χ0v) is 17.1. The number of aromatic nitrogens is 2. The van der Waals surface area contributed by atoms with Crippen LogP contribution in [0.3, 0.4) is 0 Å². The molecule has 0 N–H and O–H groups in total. The maximum atomic E-state index is 12.2. The zero-order valence-electron chi connectivity index (χ0n) is 14.2.